The van der Waals surface area contributed by atoms with Gasteiger partial charge in [-0.1, -0.05) is 42.5 Å². The molecule has 2 aromatic carbocycles. The van der Waals surface area contributed by atoms with Crippen LogP contribution in [0.4, 0.5) is 0 Å². The minimum Gasteiger partial charge on any atom is -0.480 e. The highest BCUT2D eigenvalue weighted by atomic mass is 32.2. The number of aliphatic carboxylic acids is 1. The van der Waals surface area contributed by atoms with Gasteiger partial charge in [0.25, 0.3) is 17.7 Å². The summed E-state index contributed by atoms with van der Waals surface area (Å²) in [6, 6.07) is 13.2. The number of benzene rings is 2. The van der Waals surface area contributed by atoms with E-state index < -0.39 is 35.8 Å². The summed E-state index contributed by atoms with van der Waals surface area (Å²) in [4.78, 5) is 53.4. The molecular weight excluding hydrogens is 404 g/mol. The molecule has 2 aliphatic heterocycles. The summed E-state index contributed by atoms with van der Waals surface area (Å²) < 4.78 is 0. The van der Waals surface area contributed by atoms with E-state index in [1.165, 1.54) is 18.0 Å². The summed E-state index contributed by atoms with van der Waals surface area (Å²) in [5.74, 6) is -2.64. The van der Waals surface area contributed by atoms with Crippen molar-refractivity contribution >= 4 is 35.5 Å². The Hall–Kier alpha value is -3.39. The molecule has 0 saturated carbocycles. The van der Waals surface area contributed by atoms with Crippen LogP contribution in [0, 0.1) is 0 Å². The van der Waals surface area contributed by atoms with E-state index in [1.54, 1.807) is 53.9 Å². The van der Waals surface area contributed by atoms with Gasteiger partial charge in [0.1, 0.15) is 12.1 Å². The Morgan fingerprint density at radius 1 is 1.00 bits per heavy atom. The molecule has 0 fully saturated rings. The third-order valence-electron chi connectivity index (χ3n) is 5.14. The van der Waals surface area contributed by atoms with Crippen LogP contribution in [0.25, 0.3) is 0 Å². The molecule has 152 valence electrons. The van der Waals surface area contributed by atoms with Crippen LogP contribution in [-0.4, -0.2) is 56.4 Å². The Balaban J connectivity index is 1.74. The molecule has 2 atom stereocenters. The van der Waals surface area contributed by atoms with Gasteiger partial charge in [0.2, 0.25) is 0 Å². The van der Waals surface area contributed by atoms with Crippen LogP contribution < -0.4 is 0 Å². The Morgan fingerprint density at radius 3 is 2.20 bits per heavy atom. The van der Waals surface area contributed by atoms with E-state index in [0.717, 1.165) is 15.4 Å². The van der Waals surface area contributed by atoms with Gasteiger partial charge in [0.15, 0.2) is 0 Å². The molecule has 0 spiro atoms. The molecule has 4 rings (SSSR count). The second kappa shape index (κ2) is 8.16. The number of carboxylic acids is 1. The van der Waals surface area contributed by atoms with Crippen LogP contribution >= 0.6 is 11.8 Å². The van der Waals surface area contributed by atoms with Crippen molar-refractivity contribution in [3.8, 4) is 0 Å². The van der Waals surface area contributed by atoms with E-state index in [1.807, 2.05) is 6.07 Å². The van der Waals surface area contributed by atoms with E-state index in [-0.39, 0.29) is 23.3 Å². The molecule has 2 heterocycles. The summed E-state index contributed by atoms with van der Waals surface area (Å²) in [5, 5.41) is 11.2. The van der Waals surface area contributed by atoms with Crippen LogP contribution in [0.3, 0.4) is 0 Å². The highest BCUT2D eigenvalue weighted by molar-refractivity contribution is 8.02. The second-order valence-corrected chi connectivity index (χ2v) is 7.89. The third kappa shape index (κ3) is 3.50. The molecular formula is C22H18N2O5S. The Kier molecular flexibility index (Phi) is 5.41. The number of hydrogen-bond acceptors (Lipinski definition) is 5. The molecule has 2 aromatic rings. The van der Waals surface area contributed by atoms with Gasteiger partial charge in [-0.15, -0.1) is 11.8 Å². The molecule has 0 radical (unpaired) electrons. The maximum absolute atomic E-state index is 13.5. The van der Waals surface area contributed by atoms with Crippen LogP contribution in [0.1, 0.15) is 26.3 Å². The molecule has 2 aliphatic rings. The van der Waals surface area contributed by atoms with Gasteiger partial charge in [0.05, 0.1) is 11.1 Å². The van der Waals surface area contributed by atoms with E-state index in [9.17, 15) is 24.3 Å². The molecule has 3 amide bonds. The van der Waals surface area contributed by atoms with Crippen molar-refractivity contribution in [1.82, 2.24) is 9.80 Å². The van der Waals surface area contributed by atoms with E-state index in [4.69, 9.17) is 0 Å². The summed E-state index contributed by atoms with van der Waals surface area (Å²) in [5.41, 5.74) is 1.25. The van der Waals surface area contributed by atoms with Crippen molar-refractivity contribution in [2.75, 3.05) is 5.75 Å². The van der Waals surface area contributed by atoms with Crippen LogP contribution in [-0.2, 0) is 16.0 Å². The number of hydrogen-bond donors (Lipinski definition) is 1. The van der Waals surface area contributed by atoms with E-state index in [0.29, 0.717) is 0 Å². The largest absolute Gasteiger partial charge is 0.480 e. The Morgan fingerprint density at radius 2 is 1.60 bits per heavy atom. The van der Waals surface area contributed by atoms with Gasteiger partial charge < -0.3 is 10.0 Å². The van der Waals surface area contributed by atoms with Crippen molar-refractivity contribution in [3.05, 3.63) is 82.9 Å². The van der Waals surface area contributed by atoms with Crippen molar-refractivity contribution in [1.29, 1.82) is 0 Å². The number of rotatable bonds is 5. The highest BCUT2D eigenvalue weighted by Crippen LogP contribution is 2.28. The second-order valence-electron chi connectivity index (χ2n) is 6.95. The number of carbonyl (C=O) groups excluding carboxylic acids is 3. The Bertz CT molecular complexity index is 1020. The molecule has 30 heavy (non-hydrogen) atoms. The SMILES string of the molecule is O=C(O)C1CSC=CN1C(=O)C(Cc1ccccc1)N1C(=O)c2ccccc2C1=O. The van der Waals surface area contributed by atoms with Gasteiger partial charge in [-0.25, -0.2) is 4.79 Å². The quantitative estimate of drug-likeness (QED) is 0.744. The van der Waals surface area contributed by atoms with Crippen molar-refractivity contribution < 1.29 is 24.3 Å². The average molecular weight is 422 g/mol. The van der Waals surface area contributed by atoms with Crippen molar-refractivity contribution in [2.45, 2.75) is 18.5 Å². The van der Waals surface area contributed by atoms with E-state index >= 15 is 0 Å². The number of carboxylic acid groups (broad SMARTS) is 1. The zero-order valence-corrected chi connectivity index (χ0v) is 16.6. The average Bonchev–Trinajstić information content (AvgIpc) is 3.03. The number of fused-ring (bicyclic) bond motifs is 1. The summed E-state index contributed by atoms with van der Waals surface area (Å²) in [7, 11) is 0. The van der Waals surface area contributed by atoms with Crippen LogP contribution in [0.15, 0.2) is 66.2 Å². The number of amides is 3. The minimum atomic E-state index is -1.16. The van der Waals surface area contributed by atoms with Crippen LogP contribution in [0.5, 0.6) is 0 Å². The topological polar surface area (TPSA) is 95.0 Å². The number of thioether (sulfide) groups is 1. The lowest BCUT2D eigenvalue weighted by Gasteiger charge is -2.34. The van der Waals surface area contributed by atoms with Crippen molar-refractivity contribution in [2.24, 2.45) is 0 Å². The van der Waals surface area contributed by atoms with E-state index in [2.05, 4.69) is 0 Å². The maximum Gasteiger partial charge on any atom is 0.327 e. The molecule has 0 bridgehead atoms. The highest BCUT2D eigenvalue weighted by Gasteiger charge is 2.45. The van der Waals surface area contributed by atoms with Gasteiger partial charge in [-0.2, -0.15) is 0 Å². The summed E-state index contributed by atoms with van der Waals surface area (Å²) in [6.07, 6.45) is 1.50. The fraction of sp³-hybridized carbons (Fsp3) is 0.182. The lowest BCUT2D eigenvalue weighted by Crippen LogP contribution is -2.55. The molecule has 8 heteroatoms. The third-order valence-corrected chi connectivity index (χ3v) is 5.96. The Labute approximate surface area is 177 Å². The van der Waals surface area contributed by atoms with Crippen molar-refractivity contribution in [3.63, 3.8) is 0 Å². The standard InChI is InChI=1S/C22H18N2O5S/c25-19-15-8-4-5-9-16(15)20(26)24(19)17(12-14-6-2-1-3-7-14)21(27)23-10-11-30-13-18(23)22(28)29/h1-11,17-18H,12-13H2,(H,28,29). The van der Waals surface area contributed by atoms with Gasteiger partial charge in [-0.05, 0) is 23.1 Å². The monoisotopic (exact) mass is 422 g/mol. The number of nitrogens with zero attached hydrogens (tertiary/aromatic N) is 2. The fourth-order valence-corrected chi connectivity index (χ4v) is 4.46. The first-order valence-electron chi connectivity index (χ1n) is 9.33. The smallest absolute Gasteiger partial charge is 0.327 e. The molecule has 7 nitrogen and oxygen atoms in total. The fourth-order valence-electron chi connectivity index (χ4n) is 3.65. The summed E-state index contributed by atoms with van der Waals surface area (Å²) >= 11 is 1.29. The van der Waals surface area contributed by atoms with Crippen LogP contribution in [0.2, 0.25) is 0 Å². The first-order valence-corrected chi connectivity index (χ1v) is 10.4. The minimum absolute atomic E-state index is 0.0922. The van der Waals surface area contributed by atoms with Gasteiger partial charge >= 0.3 is 5.97 Å². The normalized spacial score (nSPS) is 19.0. The molecule has 2 unspecified atom stereocenters. The van der Waals surface area contributed by atoms with Gasteiger partial charge in [-0.3, -0.25) is 19.3 Å². The lowest BCUT2D eigenvalue weighted by molar-refractivity contribution is -0.148. The first-order chi connectivity index (χ1) is 14.5. The number of imide groups is 1. The maximum atomic E-state index is 13.5. The zero-order chi connectivity index (χ0) is 21.3. The number of carbonyl (C=O) groups is 4. The first kappa shape index (κ1) is 19.9. The van der Waals surface area contributed by atoms with Gasteiger partial charge in [0, 0.05) is 18.4 Å². The molecule has 1 N–H and O–H groups in total. The lowest BCUT2D eigenvalue weighted by atomic mass is 10.0. The zero-order valence-electron chi connectivity index (χ0n) is 15.8. The molecule has 0 aromatic heterocycles. The molecule has 0 saturated heterocycles. The predicted molar refractivity (Wildman–Crippen MR) is 111 cm³/mol. The predicted octanol–water partition coefficient (Wildman–Crippen LogP) is 2.39. The molecule has 0 aliphatic carbocycles. The summed E-state index contributed by atoms with van der Waals surface area (Å²) in [6.45, 7) is 0.